The Kier molecular flexibility index (Phi) is 2.70. The number of nitrogens with two attached hydrogens (primary N) is 1. The molecule has 1 aliphatic heterocycles. The van der Waals surface area contributed by atoms with E-state index in [4.69, 9.17) is 5.73 Å². The Labute approximate surface area is 89.5 Å². The molecule has 0 radical (unpaired) electrons. The van der Waals surface area contributed by atoms with Gasteiger partial charge in [0.15, 0.2) is 0 Å². The second-order valence-electron chi connectivity index (χ2n) is 3.85. The summed E-state index contributed by atoms with van der Waals surface area (Å²) in [5.74, 6) is 0. The van der Waals surface area contributed by atoms with Crippen molar-refractivity contribution in [1.82, 2.24) is 4.90 Å². The van der Waals surface area contributed by atoms with E-state index in [1.807, 2.05) is 0 Å². The lowest BCUT2D eigenvalue weighted by Gasteiger charge is -2.25. The number of rotatable bonds is 1. The Morgan fingerprint density at radius 3 is 2.86 bits per heavy atom. The second kappa shape index (κ2) is 3.83. The molecular weight excluding hydrogens is 192 g/mol. The third kappa shape index (κ3) is 1.74. The highest BCUT2D eigenvalue weighted by Gasteiger charge is 2.14. The largest absolute Gasteiger partial charge is 0.398 e. The minimum atomic E-state index is 0.931. The molecule has 0 fully saturated rings. The molecular formula is C11H16N2S. The molecule has 1 aliphatic rings. The number of anilines is 1. The first kappa shape index (κ1) is 9.87. The quantitative estimate of drug-likeness (QED) is 0.565. The van der Waals surface area contributed by atoms with Gasteiger partial charge in [0.25, 0.3) is 0 Å². The fourth-order valence-corrected chi connectivity index (χ4v) is 2.48. The van der Waals surface area contributed by atoms with Gasteiger partial charge in [-0.2, -0.15) is 0 Å². The smallest absolute Gasteiger partial charge is 0.0455 e. The van der Waals surface area contributed by atoms with E-state index in [2.05, 4.69) is 30.3 Å². The standard InChI is InChI=1S/C11H16N2S/c1-13-4-3-8-5-10(12)11(14-2)6-9(8)7-13/h5-6H,3-4,7,12H2,1-2H3. The number of thioether (sulfide) groups is 1. The van der Waals surface area contributed by atoms with Crippen LogP contribution >= 0.6 is 11.8 Å². The van der Waals surface area contributed by atoms with Crippen LogP contribution in [0.15, 0.2) is 17.0 Å². The number of likely N-dealkylation sites (N-methyl/N-ethyl adjacent to an activating group) is 1. The zero-order chi connectivity index (χ0) is 10.1. The van der Waals surface area contributed by atoms with Gasteiger partial charge in [-0.3, -0.25) is 0 Å². The lowest BCUT2D eigenvalue weighted by Crippen LogP contribution is -2.26. The topological polar surface area (TPSA) is 29.3 Å². The van der Waals surface area contributed by atoms with E-state index in [0.717, 1.165) is 25.2 Å². The van der Waals surface area contributed by atoms with E-state index < -0.39 is 0 Å². The van der Waals surface area contributed by atoms with Crippen molar-refractivity contribution in [2.24, 2.45) is 0 Å². The molecule has 1 aromatic carbocycles. The van der Waals surface area contributed by atoms with Gasteiger partial charge in [-0.05, 0) is 43.0 Å². The monoisotopic (exact) mass is 208 g/mol. The minimum Gasteiger partial charge on any atom is -0.398 e. The molecule has 0 amide bonds. The molecule has 0 aliphatic carbocycles. The molecule has 1 aromatic rings. The van der Waals surface area contributed by atoms with Gasteiger partial charge >= 0.3 is 0 Å². The Morgan fingerprint density at radius 1 is 1.36 bits per heavy atom. The predicted octanol–water partition coefficient (Wildman–Crippen LogP) is 1.98. The normalized spacial score (nSPS) is 16.7. The zero-order valence-corrected chi connectivity index (χ0v) is 9.53. The van der Waals surface area contributed by atoms with Crippen molar-refractivity contribution in [3.8, 4) is 0 Å². The van der Waals surface area contributed by atoms with Crippen LogP contribution in [0.5, 0.6) is 0 Å². The van der Waals surface area contributed by atoms with Gasteiger partial charge < -0.3 is 10.6 Å². The maximum absolute atomic E-state index is 5.96. The first-order chi connectivity index (χ1) is 6.70. The fourth-order valence-electron chi connectivity index (χ4n) is 1.92. The highest BCUT2D eigenvalue weighted by Crippen LogP contribution is 2.29. The van der Waals surface area contributed by atoms with Crippen LogP contribution in [0.4, 0.5) is 5.69 Å². The summed E-state index contributed by atoms with van der Waals surface area (Å²) in [6.45, 7) is 2.20. The zero-order valence-electron chi connectivity index (χ0n) is 8.71. The Hall–Kier alpha value is -0.670. The third-order valence-electron chi connectivity index (χ3n) is 2.76. The molecule has 76 valence electrons. The van der Waals surface area contributed by atoms with Crippen molar-refractivity contribution in [1.29, 1.82) is 0 Å². The van der Waals surface area contributed by atoms with E-state index in [-0.39, 0.29) is 0 Å². The molecule has 3 heteroatoms. The minimum absolute atomic E-state index is 0.931. The summed E-state index contributed by atoms with van der Waals surface area (Å²) < 4.78 is 0. The van der Waals surface area contributed by atoms with Crippen molar-refractivity contribution >= 4 is 17.4 Å². The summed E-state index contributed by atoms with van der Waals surface area (Å²) in [6.07, 6.45) is 3.20. The lowest BCUT2D eigenvalue weighted by molar-refractivity contribution is 0.312. The summed E-state index contributed by atoms with van der Waals surface area (Å²) in [5, 5.41) is 0. The van der Waals surface area contributed by atoms with E-state index in [1.165, 1.54) is 16.0 Å². The average molecular weight is 208 g/mol. The van der Waals surface area contributed by atoms with E-state index in [1.54, 1.807) is 11.8 Å². The van der Waals surface area contributed by atoms with Crippen LogP contribution in [0.1, 0.15) is 11.1 Å². The Morgan fingerprint density at radius 2 is 2.14 bits per heavy atom. The highest BCUT2D eigenvalue weighted by molar-refractivity contribution is 7.98. The third-order valence-corrected chi connectivity index (χ3v) is 3.55. The summed E-state index contributed by atoms with van der Waals surface area (Å²) in [7, 11) is 2.16. The maximum atomic E-state index is 5.96. The van der Waals surface area contributed by atoms with Gasteiger partial charge in [0.2, 0.25) is 0 Å². The SMILES string of the molecule is CSc1cc2c(cc1N)CCN(C)C2. The van der Waals surface area contributed by atoms with E-state index in [9.17, 15) is 0 Å². The van der Waals surface area contributed by atoms with Crippen LogP contribution < -0.4 is 5.73 Å². The number of hydrogen-bond donors (Lipinski definition) is 1. The van der Waals surface area contributed by atoms with Crippen LogP contribution in [0.25, 0.3) is 0 Å². The summed E-state index contributed by atoms with van der Waals surface area (Å²) >= 11 is 1.73. The summed E-state index contributed by atoms with van der Waals surface area (Å²) in [6, 6.07) is 4.39. The molecule has 0 bridgehead atoms. The Bertz CT molecular complexity index is 349. The van der Waals surface area contributed by atoms with Crippen molar-refractivity contribution in [3.63, 3.8) is 0 Å². The summed E-state index contributed by atoms with van der Waals surface area (Å²) in [5.41, 5.74) is 9.76. The molecule has 0 saturated heterocycles. The lowest BCUT2D eigenvalue weighted by atomic mass is 9.99. The molecule has 0 aromatic heterocycles. The molecule has 1 heterocycles. The van der Waals surface area contributed by atoms with Gasteiger partial charge in [-0.25, -0.2) is 0 Å². The predicted molar refractivity (Wildman–Crippen MR) is 62.7 cm³/mol. The van der Waals surface area contributed by atoms with Crippen LogP contribution in [-0.2, 0) is 13.0 Å². The van der Waals surface area contributed by atoms with Gasteiger partial charge in [-0.15, -0.1) is 11.8 Å². The van der Waals surface area contributed by atoms with Gasteiger partial charge in [0.1, 0.15) is 0 Å². The number of nitrogen functional groups attached to an aromatic ring is 1. The van der Waals surface area contributed by atoms with Gasteiger partial charge in [0.05, 0.1) is 0 Å². The molecule has 2 rings (SSSR count). The fraction of sp³-hybridized carbons (Fsp3) is 0.455. The molecule has 0 unspecified atom stereocenters. The molecule has 0 saturated carbocycles. The van der Waals surface area contributed by atoms with Crippen LogP contribution in [0.3, 0.4) is 0 Å². The van der Waals surface area contributed by atoms with Crippen LogP contribution in [-0.4, -0.2) is 24.7 Å². The van der Waals surface area contributed by atoms with Crippen molar-refractivity contribution in [3.05, 3.63) is 23.3 Å². The van der Waals surface area contributed by atoms with E-state index in [0.29, 0.717) is 0 Å². The van der Waals surface area contributed by atoms with Crippen LogP contribution in [0.2, 0.25) is 0 Å². The molecule has 2 nitrogen and oxygen atoms in total. The van der Waals surface area contributed by atoms with Crippen molar-refractivity contribution in [2.75, 3.05) is 25.6 Å². The van der Waals surface area contributed by atoms with Gasteiger partial charge in [0, 0.05) is 23.7 Å². The second-order valence-corrected chi connectivity index (χ2v) is 4.70. The molecule has 14 heavy (non-hydrogen) atoms. The Balaban J connectivity index is 2.41. The first-order valence-corrected chi connectivity index (χ1v) is 6.07. The number of benzene rings is 1. The number of fused-ring (bicyclic) bond motifs is 1. The summed E-state index contributed by atoms with van der Waals surface area (Å²) in [4.78, 5) is 3.56. The van der Waals surface area contributed by atoms with Gasteiger partial charge in [-0.1, -0.05) is 0 Å². The molecule has 0 spiro atoms. The van der Waals surface area contributed by atoms with Crippen LogP contribution in [0, 0.1) is 0 Å². The average Bonchev–Trinajstić information content (AvgIpc) is 2.17. The highest BCUT2D eigenvalue weighted by atomic mass is 32.2. The number of nitrogens with zero attached hydrogens (tertiary/aromatic N) is 1. The van der Waals surface area contributed by atoms with Crippen molar-refractivity contribution in [2.45, 2.75) is 17.9 Å². The number of hydrogen-bond acceptors (Lipinski definition) is 3. The maximum Gasteiger partial charge on any atom is 0.0455 e. The molecule has 0 atom stereocenters. The van der Waals surface area contributed by atoms with Crippen molar-refractivity contribution < 1.29 is 0 Å². The first-order valence-electron chi connectivity index (χ1n) is 4.84. The van der Waals surface area contributed by atoms with E-state index >= 15 is 0 Å². The molecule has 2 N–H and O–H groups in total.